The summed E-state index contributed by atoms with van der Waals surface area (Å²) in [5.41, 5.74) is 0. The van der Waals surface area contributed by atoms with Gasteiger partial charge in [0.1, 0.15) is 0 Å². The summed E-state index contributed by atoms with van der Waals surface area (Å²) in [6, 6.07) is 0.509. The Labute approximate surface area is 78.2 Å². The maximum Gasteiger partial charge on any atom is 0.317 e. The highest BCUT2D eigenvalue weighted by molar-refractivity contribution is 5.76. The Morgan fingerprint density at radius 1 is 1.54 bits per heavy atom. The molecule has 4 heteroatoms. The molecule has 2 aliphatic rings. The van der Waals surface area contributed by atoms with E-state index in [0.29, 0.717) is 12.1 Å². The molecule has 4 nitrogen and oxygen atoms in total. The van der Waals surface area contributed by atoms with Crippen LogP contribution < -0.4 is 5.32 Å². The van der Waals surface area contributed by atoms with Crippen LogP contribution in [0, 0.1) is 0 Å². The second-order valence-electron chi connectivity index (χ2n) is 3.75. The Hall–Kier alpha value is -0.770. The van der Waals surface area contributed by atoms with E-state index >= 15 is 0 Å². The number of nitrogens with zero attached hydrogens (tertiary/aromatic N) is 1. The van der Waals surface area contributed by atoms with E-state index in [1.165, 1.54) is 0 Å². The van der Waals surface area contributed by atoms with E-state index in [9.17, 15) is 4.79 Å². The van der Waals surface area contributed by atoms with Crippen molar-refractivity contribution >= 4 is 6.03 Å². The van der Waals surface area contributed by atoms with Crippen LogP contribution in [0.3, 0.4) is 0 Å². The number of amides is 2. The van der Waals surface area contributed by atoms with Gasteiger partial charge in [-0.3, -0.25) is 0 Å². The summed E-state index contributed by atoms with van der Waals surface area (Å²) < 4.78 is 5.28. The molecule has 2 atom stereocenters. The minimum atomic E-state index is 0.0988. The molecule has 74 valence electrons. The number of carbonyl (C=O) groups excluding carboxylic acids is 1. The highest BCUT2D eigenvalue weighted by Gasteiger charge is 2.33. The van der Waals surface area contributed by atoms with Crippen LogP contribution in [-0.2, 0) is 4.74 Å². The molecule has 0 aromatic carbocycles. The number of nitrogens with one attached hydrogen (secondary N) is 1. The summed E-state index contributed by atoms with van der Waals surface area (Å²) in [6.45, 7) is 1.66. The van der Waals surface area contributed by atoms with Crippen molar-refractivity contribution in [3.05, 3.63) is 0 Å². The van der Waals surface area contributed by atoms with E-state index in [1.807, 2.05) is 4.90 Å². The lowest BCUT2D eigenvalue weighted by molar-refractivity contribution is 0.102. The molecule has 1 N–H and O–H groups in total. The molecule has 13 heavy (non-hydrogen) atoms. The number of hydrogen-bond donors (Lipinski definition) is 1. The summed E-state index contributed by atoms with van der Waals surface area (Å²) in [5.74, 6) is 0. The number of carbonyl (C=O) groups is 1. The molecule has 0 radical (unpaired) electrons. The van der Waals surface area contributed by atoms with Gasteiger partial charge in [0.2, 0.25) is 0 Å². The van der Waals surface area contributed by atoms with E-state index in [-0.39, 0.29) is 6.03 Å². The van der Waals surface area contributed by atoms with Crippen molar-refractivity contribution in [2.45, 2.75) is 31.4 Å². The van der Waals surface area contributed by atoms with Gasteiger partial charge in [-0.05, 0) is 19.3 Å². The van der Waals surface area contributed by atoms with Crippen molar-refractivity contribution < 1.29 is 9.53 Å². The van der Waals surface area contributed by atoms with E-state index in [4.69, 9.17) is 4.74 Å². The molecule has 1 aliphatic carbocycles. The first-order chi connectivity index (χ1) is 6.31. The van der Waals surface area contributed by atoms with Crippen LogP contribution in [0.4, 0.5) is 4.79 Å². The molecule has 2 amide bonds. The SMILES string of the molecule is COC1CCC(N2CCNC2=O)C1. The van der Waals surface area contributed by atoms with Crippen LogP contribution >= 0.6 is 0 Å². The zero-order chi connectivity index (χ0) is 9.26. The number of hydrogen-bond acceptors (Lipinski definition) is 2. The number of urea groups is 1. The topological polar surface area (TPSA) is 41.6 Å². The Morgan fingerprint density at radius 2 is 2.38 bits per heavy atom. The Morgan fingerprint density at radius 3 is 2.92 bits per heavy atom. The molecule has 1 saturated heterocycles. The fraction of sp³-hybridized carbons (Fsp3) is 0.889. The molecule has 0 bridgehead atoms. The third kappa shape index (κ3) is 1.63. The van der Waals surface area contributed by atoms with E-state index < -0.39 is 0 Å². The minimum absolute atomic E-state index is 0.0988. The molecule has 0 aromatic rings. The first-order valence-electron chi connectivity index (χ1n) is 4.88. The molecule has 1 saturated carbocycles. The predicted molar refractivity (Wildman–Crippen MR) is 48.5 cm³/mol. The highest BCUT2D eigenvalue weighted by atomic mass is 16.5. The zero-order valence-corrected chi connectivity index (χ0v) is 7.95. The molecular formula is C9H16N2O2. The van der Waals surface area contributed by atoms with Gasteiger partial charge >= 0.3 is 6.03 Å². The van der Waals surface area contributed by atoms with Gasteiger partial charge in [-0.1, -0.05) is 0 Å². The maximum atomic E-state index is 11.3. The lowest BCUT2D eigenvalue weighted by atomic mass is 10.2. The van der Waals surface area contributed by atoms with Crippen LogP contribution in [0.5, 0.6) is 0 Å². The number of rotatable bonds is 2. The molecule has 0 spiro atoms. The second-order valence-corrected chi connectivity index (χ2v) is 3.75. The van der Waals surface area contributed by atoms with Crippen LogP contribution in [0.2, 0.25) is 0 Å². The zero-order valence-electron chi connectivity index (χ0n) is 7.95. The van der Waals surface area contributed by atoms with Crippen LogP contribution in [0.15, 0.2) is 0 Å². The fourth-order valence-electron chi connectivity index (χ4n) is 2.25. The molecule has 2 unspecified atom stereocenters. The van der Waals surface area contributed by atoms with Crippen molar-refractivity contribution in [2.75, 3.05) is 20.2 Å². The Balaban J connectivity index is 1.91. The van der Waals surface area contributed by atoms with Gasteiger partial charge in [0.25, 0.3) is 0 Å². The van der Waals surface area contributed by atoms with Crippen molar-refractivity contribution in [1.82, 2.24) is 10.2 Å². The summed E-state index contributed by atoms with van der Waals surface area (Å²) >= 11 is 0. The second kappa shape index (κ2) is 3.54. The van der Waals surface area contributed by atoms with E-state index in [0.717, 1.165) is 32.4 Å². The summed E-state index contributed by atoms with van der Waals surface area (Å²) in [7, 11) is 1.75. The predicted octanol–water partition coefficient (Wildman–Crippen LogP) is 0.579. The molecule has 0 aromatic heterocycles. The van der Waals surface area contributed by atoms with Crippen molar-refractivity contribution in [2.24, 2.45) is 0 Å². The average molecular weight is 184 g/mol. The fourth-order valence-corrected chi connectivity index (χ4v) is 2.25. The van der Waals surface area contributed by atoms with Crippen molar-refractivity contribution in [3.8, 4) is 0 Å². The number of methoxy groups -OCH3 is 1. The lowest BCUT2D eigenvalue weighted by Gasteiger charge is -2.22. The maximum absolute atomic E-state index is 11.3. The molecule has 1 heterocycles. The Kier molecular flexibility index (Phi) is 2.40. The summed E-state index contributed by atoms with van der Waals surface area (Å²) in [4.78, 5) is 13.3. The standard InChI is InChI=1S/C9H16N2O2/c1-13-8-3-2-7(6-8)11-5-4-10-9(11)12/h7-8H,2-6H2,1H3,(H,10,12). The number of ether oxygens (including phenoxy) is 1. The van der Waals surface area contributed by atoms with Gasteiger partial charge in [-0.2, -0.15) is 0 Å². The average Bonchev–Trinajstić information content (AvgIpc) is 2.71. The minimum Gasteiger partial charge on any atom is -0.381 e. The highest BCUT2D eigenvalue weighted by Crippen LogP contribution is 2.26. The van der Waals surface area contributed by atoms with Crippen LogP contribution in [0.1, 0.15) is 19.3 Å². The van der Waals surface area contributed by atoms with E-state index in [2.05, 4.69) is 5.32 Å². The summed E-state index contributed by atoms with van der Waals surface area (Å²) in [6.07, 6.45) is 3.54. The van der Waals surface area contributed by atoms with Gasteiger partial charge in [0, 0.05) is 26.2 Å². The lowest BCUT2D eigenvalue weighted by Crippen LogP contribution is -2.36. The molecule has 1 aliphatic heterocycles. The van der Waals surface area contributed by atoms with Crippen LogP contribution in [0.25, 0.3) is 0 Å². The van der Waals surface area contributed by atoms with E-state index in [1.54, 1.807) is 7.11 Å². The van der Waals surface area contributed by atoms with Gasteiger partial charge in [-0.25, -0.2) is 4.79 Å². The van der Waals surface area contributed by atoms with Gasteiger partial charge in [0.05, 0.1) is 6.10 Å². The third-order valence-corrected chi connectivity index (χ3v) is 3.02. The Bertz CT molecular complexity index is 208. The first-order valence-corrected chi connectivity index (χ1v) is 4.88. The summed E-state index contributed by atoms with van der Waals surface area (Å²) in [5, 5.41) is 2.83. The molecular weight excluding hydrogens is 168 g/mol. The van der Waals surface area contributed by atoms with Gasteiger partial charge < -0.3 is 15.0 Å². The van der Waals surface area contributed by atoms with Crippen molar-refractivity contribution in [1.29, 1.82) is 0 Å². The normalized spacial score (nSPS) is 33.9. The third-order valence-electron chi connectivity index (χ3n) is 3.02. The monoisotopic (exact) mass is 184 g/mol. The van der Waals surface area contributed by atoms with Gasteiger partial charge in [0.15, 0.2) is 0 Å². The van der Waals surface area contributed by atoms with Crippen LogP contribution in [-0.4, -0.2) is 43.3 Å². The first kappa shape index (κ1) is 8.81. The quantitative estimate of drug-likeness (QED) is 0.682. The largest absolute Gasteiger partial charge is 0.381 e. The smallest absolute Gasteiger partial charge is 0.317 e. The molecule has 2 fully saturated rings. The van der Waals surface area contributed by atoms with Gasteiger partial charge in [-0.15, -0.1) is 0 Å². The molecule has 2 rings (SSSR count). The van der Waals surface area contributed by atoms with Crippen molar-refractivity contribution in [3.63, 3.8) is 0 Å².